The predicted molar refractivity (Wildman–Crippen MR) is 92.5 cm³/mol. The smallest absolute Gasteiger partial charge is 0.153 e. The van der Waals surface area contributed by atoms with Crippen LogP contribution >= 0.6 is 0 Å². The zero-order valence-electron chi connectivity index (χ0n) is 14.2. The van der Waals surface area contributed by atoms with Gasteiger partial charge in [-0.15, -0.1) is 0 Å². The zero-order valence-corrected chi connectivity index (χ0v) is 14.2. The Hall–Kier alpha value is -3.22. The Morgan fingerprint density at radius 3 is 2.92 bits per heavy atom. The van der Waals surface area contributed by atoms with Gasteiger partial charge in [-0.05, 0) is 31.5 Å². The minimum absolute atomic E-state index is 0.111. The van der Waals surface area contributed by atoms with Crippen molar-refractivity contribution in [3.63, 3.8) is 0 Å². The van der Waals surface area contributed by atoms with Crippen molar-refractivity contribution >= 4 is 11.0 Å². The maximum absolute atomic E-state index is 14.8. The topological polar surface area (TPSA) is 66.0 Å². The van der Waals surface area contributed by atoms with Crippen LogP contribution in [0.2, 0.25) is 0 Å². The molecule has 3 aromatic heterocycles. The van der Waals surface area contributed by atoms with Crippen molar-refractivity contribution in [1.29, 1.82) is 0 Å². The quantitative estimate of drug-likeness (QED) is 0.550. The van der Waals surface area contributed by atoms with Gasteiger partial charge in [0.25, 0.3) is 0 Å². The first-order valence-corrected chi connectivity index (χ1v) is 8.30. The van der Waals surface area contributed by atoms with Gasteiger partial charge in [-0.1, -0.05) is 11.2 Å². The van der Waals surface area contributed by atoms with Gasteiger partial charge in [0.05, 0.1) is 23.6 Å². The highest BCUT2D eigenvalue weighted by Crippen LogP contribution is 2.44. The number of rotatable bonds is 2. The summed E-state index contributed by atoms with van der Waals surface area (Å²) in [6, 6.07) is 5.19. The molecule has 7 heteroatoms. The zero-order chi connectivity index (χ0) is 17.8. The number of imidazole rings is 1. The van der Waals surface area contributed by atoms with E-state index in [1.807, 2.05) is 30.5 Å². The third-order valence-electron chi connectivity index (χ3n) is 4.84. The molecule has 5 rings (SSSR count). The minimum Gasteiger partial charge on any atom is -0.488 e. The standard InChI is InChI=1S/C19H15FN4O2/c1-10-16(11(2)26-23-10)13-6-14(20)17-18-19(13)25-8-15(24(18)9-22-17)12-4-3-5-21-7-12/h3-7,9,15H,8H2,1-2H3. The van der Waals surface area contributed by atoms with Crippen LogP contribution in [0.15, 0.2) is 41.4 Å². The lowest BCUT2D eigenvalue weighted by Gasteiger charge is -2.27. The lowest BCUT2D eigenvalue weighted by atomic mass is 10.00. The Morgan fingerprint density at radius 2 is 2.19 bits per heavy atom. The van der Waals surface area contributed by atoms with Gasteiger partial charge in [0.1, 0.15) is 23.4 Å². The Bertz CT molecular complexity index is 1110. The SMILES string of the molecule is Cc1noc(C)c1-c1cc(F)c2ncn3c2c1OCC3c1cccnc1. The van der Waals surface area contributed by atoms with Crippen LogP contribution in [0, 0.1) is 19.7 Å². The van der Waals surface area contributed by atoms with Gasteiger partial charge in [-0.25, -0.2) is 9.37 Å². The third-order valence-corrected chi connectivity index (χ3v) is 4.84. The molecule has 1 atom stereocenters. The van der Waals surface area contributed by atoms with E-state index in [0.29, 0.717) is 40.4 Å². The van der Waals surface area contributed by atoms with Crippen LogP contribution in [0.5, 0.6) is 5.75 Å². The van der Waals surface area contributed by atoms with Crippen molar-refractivity contribution in [3.8, 4) is 16.9 Å². The maximum Gasteiger partial charge on any atom is 0.153 e. The van der Waals surface area contributed by atoms with Crippen molar-refractivity contribution in [1.82, 2.24) is 19.7 Å². The van der Waals surface area contributed by atoms with Gasteiger partial charge >= 0.3 is 0 Å². The van der Waals surface area contributed by atoms with Gasteiger partial charge in [0.2, 0.25) is 0 Å². The molecule has 4 aromatic rings. The molecule has 1 unspecified atom stereocenters. The van der Waals surface area contributed by atoms with Crippen molar-refractivity contribution in [2.75, 3.05) is 6.61 Å². The number of pyridine rings is 1. The maximum atomic E-state index is 14.8. The lowest BCUT2D eigenvalue weighted by molar-refractivity contribution is 0.259. The van der Waals surface area contributed by atoms with Crippen molar-refractivity contribution in [3.05, 3.63) is 59.8 Å². The highest BCUT2D eigenvalue weighted by atomic mass is 19.1. The van der Waals surface area contributed by atoms with E-state index >= 15 is 0 Å². The number of hydrogen-bond acceptors (Lipinski definition) is 5. The van der Waals surface area contributed by atoms with Crippen LogP contribution in [0.25, 0.3) is 22.2 Å². The third kappa shape index (κ3) is 2.00. The molecule has 0 amide bonds. The number of hydrogen-bond donors (Lipinski definition) is 0. The van der Waals surface area contributed by atoms with E-state index in [0.717, 1.165) is 11.1 Å². The molecule has 4 heterocycles. The van der Waals surface area contributed by atoms with Crippen LogP contribution in [-0.2, 0) is 0 Å². The first kappa shape index (κ1) is 15.1. The average molecular weight is 350 g/mol. The minimum atomic E-state index is -0.395. The Kier molecular flexibility index (Phi) is 3.12. The van der Waals surface area contributed by atoms with Crippen molar-refractivity contribution in [2.24, 2.45) is 0 Å². The second kappa shape index (κ2) is 5.39. The van der Waals surface area contributed by atoms with E-state index < -0.39 is 5.82 Å². The summed E-state index contributed by atoms with van der Waals surface area (Å²) in [5, 5.41) is 3.98. The summed E-state index contributed by atoms with van der Waals surface area (Å²) in [6.07, 6.45) is 5.17. The van der Waals surface area contributed by atoms with Crippen LogP contribution < -0.4 is 4.74 Å². The number of halogens is 1. The normalized spacial score (nSPS) is 16.0. The van der Waals surface area contributed by atoms with E-state index in [4.69, 9.17) is 9.26 Å². The molecule has 0 fully saturated rings. The molecule has 130 valence electrons. The Balaban J connectivity index is 1.79. The fraction of sp³-hybridized carbons (Fsp3) is 0.211. The summed E-state index contributed by atoms with van der Waals surface area (Å²) in [5.74, 6) is 0.836. The average Bonchev–Trinajstić information content (AvgIpc) is 3.24. The van der Waals surface area contributed by atoms with Gasteiger partial charge in [-0.2, -0.15) is 0 Å². The van der Waals surface area contributed by atoms with Gasteiger partial charge in [0, 0.05) is 18.0 Å². The molecular weight excluding hydrogens is 335 g/mol. The number of ether oxygens (including phenoxy) is 1. The fourth-order valence-corrected chi connectivity index (χ4v) is 3.66. The summed E-state index contributed by atoms with van der Waals surface area (Å²) >= 11 is 0. The van der Waals surface area contributed by atoms with E-state index in [1.165, 1.54) is 6.07 Å². The molecule has 26 heavy (non-hydrogen) atoms. The van der Waals surface area contributed by atoms with Gasteiger partial charge in [0.15, 0.2) is 11.6 Å². The molecule has 0 aliphatic carbocycles. The summed E-state index contributed by atoms with van der Waals surface area (Å²) < 4.78 is 28.1. The molecule has 1 aromatic carbocycles. The molecule has 0 N–H and O–H groups in total. The molecular formula is C19H15FN4O2. The summed E-state index contributed by atoms with van der Waals surface area (Å²) in [6.45, 7) is 4.05. The molecule has 0 spiro atoms. The highest BCUT2D eigenvalue weighted by molar-refractivity contribution is 5.92. The second-order valence-corrected chi connectivity index (χ2v) is 6.40. The molecule has 0 bridgehead atoms. The largest absolute Gasteiger partial charge is 0.488 e. The predicted octanol–water partition coefficient (Wildman–Crippen LogP) is 3.82. The summed E-state index contributed by atoms with van der Waals surface area (Å²) in [5.41, 5.74) is 4.01. The number of benzene rings is 1. The lowest BCUT2D eigenvalue weighted by Crippen LogP contribution is -2.23. The molecule has 0 saturated carbocycles. The van der Waals surface area contributed by atoms with Gasteiger partial charge in [-0.3, -0.25) is 4.98 Å². The monoisotopic (exact) mass is 350 g/mol. The first-order chi connectivity index (χ1) is 12.6. The van der Waals surface area contributed by atoms with E-state index in [-0.39, 0.29) is 6.04 Å². The second-order valence-electron chi connectivity index (χ2n) is 6.40. The highest BCUT2D eigenvalue weighted by Gasteiger charge is 2.30. The molecule has 6 nitrogen and oxygen atoms in total. The van der Waals surface area contributed by atoms with E-state index in [2.05, 4.69) is 15.1 Å². The van der Waals surface area contributed by atoms with Crippen molar-refractivity contribution < 1.29 is 13.7 Å². The number of nitrogens with zero attached hydrogens (tertiary/aromatic N) is 4. The Labute approximate surface area is 148 Å². The van der Waals surface area contributed by atoms with Crippen LogP contribution in [0.1, 0.15) is 23.1 Å². The summed E-state index contributed by atoms with van der Waals surface area (Å²) in [7, 11) is 0. The molecule has 1 aliphatic heterocycles. The Morgan fingerprint density at radius 1 is 1.31 bits per heavy atom. The first-order valence-electron chi connectivity index (χ1n) is 8.30. The van der Waals surface area contributed by atoms with E-state index in [1.54, 1.807) is 18.7 Å². The number of aryl methyl sites for hydroxylation is 2. The fourth-order valence-electron chi connectivity index (χ4n) is 3.66. The van der Waals surface area contributed by atoms with Gasteiger partial charge < -0.3 is 13.8 Å². The van der Waals surface area contributed by atoms with Crippen LogP contribution in [0.4, 0.5) is 4.39 Å². The van der Waals surface area contributed by atoms with Crippen LogP contribution in [-0.4, -0.2) is 26.3 Å². The number of aromatic nitrogens is 4. The molecule has 1 aliphatic rings. The van der Waals surface area contributed by atoms with Crippen molar-refractivity contribution in [2.45, 2.75) is 19.9 Å². The molecule has 0 saturated heterocycles. The molecule has 0 radical (unpaired) electrons. The van der Waals surface area contributed by atoms with Crippen LogP contribution in [0.3, 0.4) is 0 Å². The van der Waals surface area contributed by atoms with E-state index in [9.17, 15) is 4.39 Å². The summed E-state index contributed by atoms with van der Waals surface area (Å²) in [4.78, 5) is 8.46.